The number of sulfonamides is 1. The molecule has 0 aliphatic carbocycles. The van der Waals surface area contributed by atoms with Crippen molar-refractivity contribution in [3.8, 4) is 11.5 Å². The molecule has 0 heterocycles. The molecule has 0 spiro atoms. The van der Waals surface area contributed by atoms with Gasteiger partial charge in [0, 0.05) is 0 Å². The maximum absolute atomic E-state index is 12.3. The van der Waals surface area contributed by atoms with Crippen molar-refractivity contribution in [3.63, 3.8) is 0 Å². The van der Waals surface area contributed by atoms with Gasteiger partial charge in [0.25, 0.3) is 5.91 Å². The number of carbonyl (C=O) groups excluding carboxylic acids is 1. The van der Waals surface area contributed by atoms with Gasteiger partial charge in [0.2, 0.25) is 10.0 Å². The number of anilines is 1. The van der Waals surface area contributed by atoms with Crippen LogP contribution < -0.4 is 14.5 Å². The van der Waals surface area contributed by atoms with Gasteiger partial charge in [0.1, 0.15) is 6.54 Å². The number of carbonyl (C=O) groups is 1. The van der Waals surface area contributed by atoms with E-state index in [9.17, 15) is 18.3 Å². The molecule has 1 amide bonds. The van der Waals surface area contributed by atoms with Crippen LogP contribution in [-0.4, -0.2) is 45.1 Å². The van der Waals surface area contributed by atoms with E-state index >= 15 is 0 Å². The van der Waals surface area contributed by atoms with Gasteiger partial charge in [-0.15, -0.1) is 0 Å². The molecular weight excluding hydrogens is 394 g/mol. The predicted octanol–water partition coefficient (Wildman–Crippen LogP) is 2.32. The normalized spacial score (nSPS) is 11.4. The zero-order valence-corrected chi connectivity index (χ0v) is 17.7. The molecule has 2 aromatic rings. The Balaban J connectivity index is 2.12. The lowest BCUT2D eigenvalue weighted by atomic mass is 10.1. The first-order valence-electron chi connectivity index (χ1n) is 8.95. The van der Waals surface area contributed by atoms with E-state index in [0.29, 0.717) is 23.6 Å². The van der Waals surface area contributed by atoms with Gasteiger partial charge in [-0.3, -0.25) is 9.10 Å². The Kier molecular flexibility index (Phi) is 7.22. The molecule has 156 valence electrons. The highest BCUT2D eigenvalue weighted by Gasteiger charge is 2.22. The molecule has 0 bridgehead atoms. The van der Waals surface area contributed by atoms with E-state index in [1.807, 2.05) is 13.0 Å². The fraction of sp³-hybridized carbons (Fsp3) is 0.300. The molecule has 0 aromatic heterocycles. The van der Waals surface area contributed by atoms with Gasteiger partial charge in [-0.2, -0.15) is 5.10 Å². The first-order valence-corrected chi connectivity index (χ1v) is 10.8. The number of amides is 1. The summed E-state index contributed by atoms with van der Waals surface area (Å²) in [4.78, 5) is 12.3. The summed E-state index contributed by atoms with van der Waals surface area (Å²) in [5.74, 6) is -0.275. The van der Waals surface area contributed by atoms with Gasteiger partial charge < -0.3 is 9.84 Å². The van der Waals surface area contributed by atoms with Gasteiger partial charge in [0.15, 0.2) is 11.5 Å². The third-order valence-corrected chi connectivity index (χ3v) is 5.35. The molecular formula is C20H25N3O5S. The van der Waals surface area contributed by atoms with Crippen molar-refractivity contribution in [2.24, 2.45) is 5.10 Å². The van der Waals surface area contributed by atoms with Crippen LogP contribution in [0, 0.1) is 13.8 Å². The van der Waals surface area contributed by atoms with Gasteiger partial charge in [-0.1, -0.05) is 12.1 Å². The summed E-state index contributed by atoms with van der Waals surface area (Å²) >= 11 is 0. The number of benzene rings is 2. The lowest BCUT2D eigenvalue weighted by Crippen LogP contribution is -2.39. The quantitative estimate of drug-likeness (QED) is 0.504. The number of hydrogen-bond donors (Lipinski definition) is 2. The third-order valence-electron chi connectivity index (χ3n) is 4.22. The Hall–Kier alpha value is -3.07. The first-order chi connectivity index (χ1) is 13.6. The van der Waals surface area contributed by atoms with Gasteiger partial charge >= 0.3 is 0 Å². The summed E-state index contributed by atoms with van der Waals surface area (Å²) in [6, 6.07) is 9.91. The van der Waals surface area contributed by atoms with E-state index < -0.39 is 22.5 Å². The summed E-state index contributed by atoms with van der Waals surface area (Å²) in [6.45, 7) is 5.46. The highest BCUT2D eigenvalue weighted by molar-refractivity contribution is 7.92. The SMILES string of the molecule is CCOc1cc(/C=N\NC(=O)CN(c2cccc(C)c2C)S(C)(=O)=O)ccc1O. The molecule has 0 saturated carbocycles. The second-order valence-electron chi connectivity index (χ2n) is 6.44. The number of aromatic hydroxyl groups is 1. The van der Waals surface area contributed by atoms with Crippen molar-refractivity contribution in [1.82, 2.24) is 5.43 Å². The lowest BCUT2D eigenvalue weighted by Gasteiger charge is -2.23. The molecule has 8 nitrogen and oxygen atoms in total. The maximum Gasteiger partial charge on any atom is 0.260 e. The Bertz CT molecular complexity index is 1020. The first kappa shape index (κ1) is 22.2. The van der Waals surface area contributed by atoms with Crippen molar-refractivity contribution >= 4 is 27.8 Å². The van der Waals surface area contributed by atoms with E-state index in [2.05, 4.69) is 10.5 Å². The highest BCUT2D eigenvalue weighted by Crippen LogP contribution is 2.26. The number of rotatable bonds is 8. The van der Waals surface area contributed by atoms with Crippen LogP contribution in [0.2, 0.25) is 0 Å². The van der Waals surface area contributed by atoms with Crippen LogP contribution in [0.5, 0.6) is 11.5 Å². The molecule has 0 unspecified atom stereocenters. The van der Waals surface area contributed by atoms with E-state index in [-0.39, 0.29) is 5.75 Å². The molecule has 29 heavy (non-hydrogen) atoms. The van der Waals surface area contributed by atoms with Crippen LogP contribution in [-0.2, 0) is 14.8 Å². The topological polar surface area (TPSA) is 108 Å². The Morgan fingerprint density at radius 2 is 2.00 bits per heavy atom. The number of phenolic OH excluding ortho intramolecular Hbond substituents is 1. The summed E-state index contributed by atoms with van der Waals surface area (Å²) in [5, 5.41) is 13.6. The molecule has 0 fully saturated rings. The molecule has 0 atom stereocenters. The number of phenols is 1. The average Bonchev–Trinajstić information content (AvgIpc) is 2.64. The van der Waals surface area contributed by atoms with Gasteiger partial charge in [-0.25, -0.2) is 13.8 Å². The summed E-state index contributed by atoms with van der Waals surface area (Å²) < 4.78 is 30.8. The van der Waals surface area contributed by atoms with Crippen molar-refractivity contribution in [1.29, 1.82) is 0 Å². The fourth-order valence-corrected chi connectivity index (χ4v) is 3.52. The minimum atomic E-state index is -3.67. The van der Waals surface area contributed by atoms with Crippen LogP contribution in [0.3, 0.4) is 0 Å². The number of nitrogens with zero attached hydrogens (tertiary/aromatic N) is 2. The standard InChI is InChI=1S/C20H25N3O5S/c1-5-28-19-11-16(9-10-18(19)24)12-21-22-20(25)13-23(29(4,26)27)17-8-6-7-14(2)15(17)3/h6-12,24H,5,13H2,1-4H3,(H,22,25)/b21-12-. The zero-order valence-electron chi connectivity index (χ0n) is 16.8. The van der Waals surface area contributed by atoms with Crippen molar-refractivity contribution < 1.29 is 23.1 Å². The highest BCUT2D eigenvalue weighted by atomic mass is 32.2. The van der Waals surface area contributed by atoms with Crippen molar-refractivity contribution in [3.05, 3.63) is 53.1 Å². The average molecular weight is 420 g/mol. The molecule has 2 aromatic carbocycles. The van der Waals surface area contributed by atoms with Crippen molar-refractivity contribution in [2.75, 3.05) is 23.7 Å². The molecule has 0 radical (unpaired) electrons. The van der Waals surface area contributed by atoms with Crippen LogP contribution in [0.4, 0.5) is 5.69 Å². The van der Waals surface area contributed by atoms with E-state index in [1.165, 1.54) is 12.3 Å². The lowest BCUT2D eigenvalue weighted by molar-refractivity contribution is -0.119. The Morgan fingerprint density at radius 1 is 1.28 bits per heavy atom. The second kappa shape index (κ2) is 9.42. The molecule has 2 N–H and O–H groups in total. The molecule has 0 aliphatic heterocycles. The number of hydrazone groups is 1. The van der Waals surface area contributed by atoms with E-state index in [1.54, 1.807) is 38.1 Å². The number of ether oxygens (including phenoxy) is 1. The molecule has 2 rings (SSSR count). The van der Waals surface area contributed by atoms with Crippen LogP contribution >= 0.6 is 0 Å². The van der Waals surface area contributed by atoms with Crippen LogP contribution in [0.25, 0.3) is 0 Å². The Labute approximate surface area is 170 Å². The minimum absolute atomic E-state index is 0.00496. The number of hydrogen-bond acceptors (Lipinski definition) is 6. The molecule has 0 saturated heterocycles. The number of nitrogens with one attached hydrogen (secondary N) is 1. The second-order valence-corrected chi connectivity index (χ2v) is 8.35. The predicted molar refractivity (Wildman–Crippen MR) is 113 cm³/mol. The molecule has 0 aliphatic rings. The zero-order chi connectivity index (χ0) is 21.6. The minimum Gasteiger partial charge on any atom is -0.504 e. The maximum atomic E-state index is 12.3. The summed E-state index contributed by atoms with van der Waals surface area (Å²) in [6.07, 6.45) is 2.43. The monoisotopic (exact) mass is 419 g/mol. The largest absolute Gasteiger partial charge is 0.504 e. The van der Waals surface area contributed by atoms with E-state index in [0.717, 1.165) is 21.7 Å². The van der Waals surface area contributed by atoms with Crippen LogP contribution in [0.1, 0.15) is 23.6 Å². The van der Waals surface area contributed by atoms with E-state index in [4.69, 9.17) is 4.74 Å². The summed E-state index contributed by atoms with van der Waals surface area (Å²) in [5.41, 5.74) is 5.08. The fourth-order valence-electron chi connectivity index (χ4n) is 2.61. The van der Waals surface area contributed by atoms with Gasteiger partial charge in [0.05, 0.1) is 24.8 Å². The van der Waals surface area contributed by atoms with Crippen molar-refractivity contribution in [2.45, 2.75) is 20.8 Å². The smallest absolute Gasteiger partial charge is 0.260 e. The third kappa shape index (κ3) is 5.95. The van der Waals surface area contributed by atoms with Gasteiger partial charge in [-0.05, 0) is 61.7 Å². The summed E-state index contributed by atoms with van der Waals surface area (Å²) in [7, 11) is -3.67. The van der Waals surface area contributed by atoms with Crippen LogP contribution in [0.15, 0.2) is 41.5 Å². The Morgan fingerprint density at radius 3 is 2.66 bits per heavy atom. The molecule has 9 heteroatoms. The number of aryl methyl sites for hydroxylation is 1.